The molecule has 0 saturated carbocycles. The summed E-state index contributed by atoms with van der Waals surface area (Å²) in [5.74, 6) is -0.244. The van der Waals surface area contributed by atoms with Gasteiger partial charge in [-0.25, -0.2) is 9.37 Å². The molecule has 0 N–H and O–H groups in total. The molecule has 0 saturated heterocycles. The van der Waals surface area contributed by atoms with Gasteiger partial charge in [0, 0.05) is 11.8 Å². The lowest BCUT2D eigenvalue weighted by Gasteiger charge is -2.02. The molecule has 76 valence electrons. The summed E-state index contributed by atoms with van der Waals surface area (Å²) in [5, 5.41) is 0. The second kappa shape index (κ2) is 4.41. The first-order valence-corrected chi connectivity index (χ1v) is 5.82. The molecule has 0 unspecified atom stereocenters. The van der Waals surface area contributed by atoms with Crippen LogP contribution in [-0.4, -0.2) is 4.98 Å². The first-order chi connectivity index (χ1) is 7.16. The van der Waals surface area contributed by atoms with Crippen LogP contribution >= 0.6 is 31.9 Å². The highest BCUT2D eigenvalue weighted by Crippen LogP contribution is 2.27. The number of rotatable bonds is 1. The minimum atomic E-state index is -0.244. The molecule has 15 heavy (non-hydrogen) atoms. The zero-order chi connectivity index (χ0) is 10.8. The van der Waals surface area contributed by atoms with Crippen LogP contribution < -0.4 is 0 Å². The molecule has 4 heteroatoms. The predicted molar refractivity (Wildman–Crippen MR) is 65.0 cm³/mol. The van der Waals surface area contributed by atoms with E-state index in [9.17, 15) is 4.39 Å². The molecule has 0 bridgehead atoms. The van der Waals surface area contributed by atoms with Gasteiger partial charge in [0.2, 0.25) is 0 Å². The number of pyridine rings is 1. The maximum atomic E-state index is 13.0. The van der Waals surface area contributed by atoms with Gasteiger partial charge in [0.15, 0.2) is 0 Å². The zero-order valence-corrected chi connectivity index (χ0v) is 10.7. The fourth-order valence-corrected chi connectivity index (χ4v) is 1.81. The van der Waals surface area contributed by atoms with Crippen LogP contribution in [0.25, 0.3) is 11.1 Å². The molecule has 0 radical (unpaired) electrons. The minimum Gasteiger partial charge on any atom is -0.248 e. The average Bonchev–Trinajstić information content (AvgIpc) is 2.22. The van der Waals surface area contributed by atoms with Crippen molar-refractivity contribution in [2.24, 2.45) is 0 Å². The van der Waals surface area contributed by atoms with Gasteiger partial charge >= 0.3 is 0 Å². The van der Waals surface area contributed by atoms with Gasteiger partial charge < -0.3 is 0 Å². The Morgan fingerprint density at radius 3 is 2.53 bits per heavy atom. The van der Waals surface area contributed by atoms with Crippen LogP contribution in [0.2, 0.25) is 0 Å². The third-order valence-electron chi connectivity index (χ3n) is 1.95. The Hall–Kier alpha value is -0.740. The van der Waals surface area contributed by atoms with Gasteiger partial charge in [-0.2, -0.15) is 0 Å². The van der Waals surface area contributed by atoms with Crippen molar-refractivity contribution < 1.29 is 4.39 Å². The third-order valence-corrected chi connectivity index (χ3v) is 3.72. The molecule has 2 rings (SSSR count). The smallest absolute Gasteiger partial charge is 0.123 e. The Kier molecular flexibility index (Phi) is 3.17. The van der Waals surface area contributed by atoms with Crippen LogP contribution in [0.4, 0.5) is 4.39 Å². The Bertz CT molecular complexity index is 500. The largest absolute Gasteiger partial charge is 0.248 e. The van der Waals surface area contributed by atoms with Gasteiger partial charge in [0.05, 0.1) is 4.47 Å². The van der Waals surface area contributed by atoms with E-state index in [0.29, 0.717) is 0 Å². The van der Waals surface area contributed by atoms with Crippen LogP contribution in [0.5, 0.6) is 0 Å². The Morgan fingerprint density at radius 1 is 1.07 bits per heavy atom. The van der Waals surface area contributed by atoms with Crippen LogP contribution in [0.15, 0.2) is 45.6 Å². The molecule has 1 aromatic heterocycles. The van der Waals surface area contributed by atoms with E-state index in [0.717, 1.165) is 20.2 Å². The van der Waals surface area contributed by atoms with Gasteiger partial charge in [-0.05, 0) is 55.6 Å². The summed E-state index contributed by atoms with van der Waals surface area (Å²) < 4.78 is 14.6. The van der Waals surface area contributed by atoms with Crippen LogP contribution in [0, 0.1) is 5.82 Å². The van der Waals surface area contributed by atoms with Crippen molar-refractivity contribution in [2.45, 2.75) is 0 Å². The lowest BCUT2D eigenvalue weighted by molar-refractivity contribution is 0.628. The summed E-state index contributed by atoms with van der Waals surface area (Å²) in [4.78, 5) is 4.13. The first-order valence-electron chi connectivity index (χ1n) is 4.24. The van der Waals surface area contributed by atoms with Gasteiger partial charge in [-0.3, -0.25) is 0 Å². The molecule has 1 aromatic carbocycles. The van der Waals surface area contributed by atoms with Crippen LogP contribution in [0.1, 0.15) is 0 Å². The number of aromatic nitrogens is 1. The quantitative estimate of drug-likeness (QED) is 0.706. The van der Waals surface area contributed by atoms with Crippen LogP contribution in [-0.2, 0) is 0 Å². The fourth-order valence-electron chi connectivity index (χ4n) is 1.25. The van der Waals surface area contributed by atoms with E-state index in [1.54, 1.807) is 12.3 Å². The molecule has 0 atom stereocenters. The molecule has 0 aliphatic rings. The van der Waals surface area contributed by atoms with Crippen molar-refractivity contribution >= 4 is 31.9 Å². The minimum absolute atomic E-state index is 0.244. The van der Waals surface area contributed by atoms with E-state index < -0.39 is 0 Å². The van der Waals surface area contributed by atoms with Crippen LogP contribution in [0.3, 0.4) is 0 Å². The summed E-state index contributed by atoms with van der Waals surface area (Å²) in [5.41, 5.74) is 1.69. The van der Waals surface area contributed by atoms with Crippen molar-refractivity contribution in [3.63, 3.8) is 0 Å². The molecular formula is C11H6Br2FN. The lowest BCUT2D eigenvalue weighted by Crippen LogP contribution is -1.83. The van der Waals surface area contributed by atoms with E-state index in [4.69, 9.17) is 0 Å². The molecule has 1 heterocycles. The van der Waals surface area contributed by atoms with Crippen molar-refractivity contribution in [2.75, 3.05) is 0 Å². The second-order valence-electron chi connectivity index (χ2n) is 3.01. The number of halogens is 3. The molecule has 0 aliphatic heterocycles. The van der Waals surface area contributed by atoms with E-state index in [-0.39, 0.29) is 5.82 Å². The fraction of sp³-hybridized carbons (Fsp3) is 0. The van der Waals surface area contributed by atoms with Crippen molar-refractivity contribution in [3.05, 3.63) is 51.4 Å². The predicted octanol–water partition coefficient (Wildman–Crippen LogP) is 4.41. The second-order valence-corrected chi connectivity index (χ2v) is 4.61. The highest BCUT2D eigenvalue weighted by atomic mass is 79.9. The summed E-state index contributed by atoms with van der Waals surface area (Å²) >= 11 is 6.64. The average molecular weight is 331 g/mol. The molecule has 0 aliphatic carbocycles. The first kappa shape index (κ1) is 10.8. The summed E-state index contributed by atoms with van der Waals surface area (Å²) in [7, 11) is 0. The number of hydrogen-bond acceptors (Lipinski definition) is 1. The number of hydrogen-bond donors (Lipinski definition) is 0. The maximum absolute atomic E-state index is 13.0. The molecule has 0 fully saturated rings. The molecule has 0 spiro atoms. The Balaban J connectivity index is 2.50. The van der Waals surface area contributed by atoms with Gasteiger partial charge in [-0.15, -0.1) is 0 Å². The standard InChI is InChI=1S/C11H6Br2FN/c12-10-5-8(6-15-11(10)13)7-2-1-3-9(14)4-7/h1-6H. The van der Waals surface area contributed by atoms with E-state index >= 15 is 0 Å². The number of nitrogens with zero attached hydrogens (tertiary/aromatic N) is 1. The lowest BCUT2D eigenvalue weighted by atomic mass is 10.1. The van der Waals surface area contributed by atoms with Crippen molar-refractivity contribution in [3.8, 4) is 11.1 Å². The highest BCUT2D eigenvalue weighted by molar-refractivity contribution is 9.13. The summed E-state index contributed by atoms with van der Waals surface area (Å²) in [6.45, 7) is 0. The Labute approximate surface area is 104 Å². The zero-order valence-electron chi connectivity index (χ0n) is 7.55. The van der Waals surface area contributed by atoms with Gasteiger partial charge in [0.25, 0.3) is 0 Å². The third kappa shape index (κ3) is 2.44. The Morgan fingerprint density at radius 2 is 1.87 bits per heavy atom. The van der Waals surface area contributed by atoms with Crippen molar-refractivity contribution in [1.82, 2.24) is 4.98 Å². The highest BCUT2D eigenvalue weighted by Gasteiger charge is 2.03. The normalized spacial score (nSPS) is 10.3. The maximum Gasteiger partial charge on any atom is 0.123 e. The SMILES string of the molecule is Fc1cccc(-c2cnc(Br)c(Br)c2)c1. The summed E-state index contributed by atoms with van der Waals surface area (Å²) in [6.07, 6.45) is 1.70. The molecule has 2 aromatic rings. The van der Waals surface area contributed by atoms with E-state index in [1.165, 1.54) is 12.1 Å². The molecular weight excluding hydrogens is 325 g/mol. The van der Waals surface area contributed by atoms with Gasteiger partial charge in [0.1, 0.15) is 10.4 Å². The van der Waals surface area contributed by atoms with E-state index in [1.807, 2.05) is 12.1 Å². The summed E-state index contributed by atoms with van der Waals surface area (Å²) in [6, 6.07) is 8.33. The molecule has 1 nitrogen and oxygen atoms in total. The van der Waals surface area contributed by atoms with Crippen molar-refractivity contribution in [1.29, 1.82) is 0 Å². The monoisotopic (exact) mass is 329 g/mol. The van der Waals surface area contributed by atoms with E-state index in [2.05, 4.69) is 36.8 Å². The van der Waals surface area contributed by atoms with Gasteiger partial charge in [-0.1, -0.05) is 12.1 Å². The number of benzene rings is 1. The molecule has 0 amide bonds. The topological polar surface area (TPSA) is 12.9 Å².